The topological polar surface area (TPSA) is 12.0 Å². The van der Waals surface area contributed by atoms with Gasteiger partial charge in [0, 0.05) is 17.6 Å². The molecule has 0 aromatic heterocycles. The maximum absolute atomic E-state index is 3.62. The fourth-order valence-electron chi connectivity index (χ4n) is 3.39. The van der Waals surface area contributed by atoms with Crippen LogP contribution >= 0.6 is 0 Å². The first-order chi connectivity index (χ1) is 7.70. The largest absolute Gasteiger partial charge is 0.384 e. The predicted molar refractivity (Wildman–Crippen MR) is 72.4 cm³/mol. The van der Waals surface area contributed by atoms with Gasteiger partial charge in [0.2, 0.25) is 0 Å². The van der Waals surface area contributed by atoms with Crippen LogP contribution in [0.5, 0.6) is 0 Å². The molecular formula is C14H20BN. The minimum Gasteiger partial charge on any atom is -0.384 e. The summed E-state index contributed by atoms with van der Waals surface area (Å²) in [6.45, 7) is 3.56. The number of benzene rings is 1. The SMILES string of the molecule is Bc1ccc2c(c1)NCC21CCC(C)CC1. The molecular weight excluding hydrogens is 193 g/mol. The van der Waals surface area contributed by atoms with Gasteiger partial charge in [0.25, 0.3) is 0 Å². The molecule has 1 N–H and O–H groups in total. The van der Waals surface area contributed by atoms with Crippen molar-refractivity contribution in [3.63, 3.8) is 0 Å². The number of hydrogen-bond acceptors (Lipinski definition) is 1. The highest BCUT2D eigenvalue weighted by Gasteiger charge is 2.40. The predicted octanol–water partition coefficient (Wildman–Crippen LogP) is 1.82. The van der Waals surface area contributed by atoms with Crippen LogP contribution < -0.4 is 10.8 Å². The zero-order valence-corrected chi connectivity index (χ0v) is 10.3. The lowest BCUT2D eigenvalue weighted by Gasteiger charge is -2.36. The van der Waals surface area contributed by atoms with Crippen LogP contribution in [0.1, 0.15) is 38.2 Å². The number of anilines is 1. The lowest BCUT2D eigenvalue weighted by atomic mass is 9.68. The summed E-state index contributed by atoms with van der Waals surface area (Å²) in [7, 11) is 2.18. The highest BCUT2D eigenvalue weighted by molar-refractivity contribution is 6.32. The van der Waals surface area contributed by atoms with Crippen LogP contribution in [0.2, 0.25) is 0 Å². The van der Waals surface area contributed by atoms with Gasteiger partial charge < -0.3 is 5.32 Å². The molecule has 0 radical (unpaired) electrons. The van der Waals surface area contributed by atoms with E-state index in [1.165, 1.54) is 43.4 Å². The number of fused-ring (bicyclic) bond motifs is 2. The molecule has 1 spiro atoms. The average molecular weight is 213 g/mol. The smallest absolute Gasteiger partial charge is 0.139 e. The Morgan fingerprint density at radius 2 is 2.06 bits per heavy atom. The molecule has 1 aliphatic heterocycles. The van der Waals surface area contributed by atoms with Crippen molar-refractivity contribution in [2.24, 2.45) is 5.92 Å². The molecule has 2 aliphatic rings. The monoisotopic (exact) mass is 213 g/mol. The van der Waals surface area contributed by atoms with Crippen molar-refractivity contribution in [3.8, 4) is 0 Å². The number of hydrogen-bond donors (Lipinski definition) is 1. The van der Waals surface area contributed by atoms with E-state index in [0.717, 1.165) is 5.92 Å². The first kappa shape index (κ1) is 10.3. The molecule has 1 nitrogen and oxygen atoms in total. The minimum absolute atomic E-state index is 0.468. The molecule has 1 aromatic rings. The Hall–Kier alpha value is -0.915. The first-order valence-electron chi connectivity index (χ1n) is 6.55. The van der Waals surface area contributed by atoms with Crippen LogP contribution in [-0.4, -0.2) is 14.4 Å². The maximum atomic E-state index is 3.62. The van der Waals surface area contributed by atoms with E-state index in [0.29, 0.717) is 5.41 Å². The third-order valence-electron chi connectivity index (χ3n) is 4.60. The lowest BCUT2D eigenvalue weighted by Crippen LogP contribution is -2.33. The molecule has 2 heteroatoms. The van der Waals surface area contributed by atoms with Crippen molar-refractivity contribution in [1.82, 2.24) is 0 Å². The molecule has 0 saturated heterocycles. The Kier molecular flexibility index (Phi) is 2.27. The van der Waals surface area contributed by atoms with Gasteiger partial charge in [0.15, 0.2) is 0 Å². The fourth-order valence-corrected chi connectivity index (χ4v) is 3.39. The number of nitrogens with one attached hydrogen (secondary N) is 1. The summed E-state index contributed by atoms with van der Waals surface area (Å²) in [6, 6.07) is 6.94. The van der Waals surface area contributed by atoms with E-state index in [1.54, 1.807) is 5.56 Å². The van der Waals surface area contributed by atoms with Gasteiger partial charge in [0.1, 0.15) is 7.85 Å². The summed E-state index contributed by atoms with van der Waals surface area (Å²) in [5, 5.41) is 3.62. The molecule has 1 aliphatic carbocycles. The maximum Gasteiger partial charge on any atom is 0.139 e. The zero-order chi connectivity index (χ0) is 11.2. The molecule has 3 rings (SSSR count). The average Bonchev–Trinajstić information content (AvgIpc) is 2.62. The Morgan fingerprint density at radius 3 is 2.81 bits per heavy atom. The molecule has 1 fully saturated rings. The highest BCUT2D eigenvalue weighted by atomic mass is 14.9. The van der Waals surface area contributed by atoms with Crippen LogP contribution in [0.3, 0.4) is 0 Å². The third kappa shape index (κ3) is 1.47. The van der Waals surface area contributed by atoms with Crippen molar-refractivity contribution in [2.75, 3.05) is 11.9 Å². The quantitative estimate of drug-likeness (QED) is 0.648. The summed E-state index contributed by atoms with van der Waals surface area (Å²) in [5.74, 6) is 0.931. The Bertz CT molecular complexity index is 405. The van der Waals surface area contributed by atoms with Gasteiger partial charge in [-0.2, -0.15) is 0 Å². The highest BCUT2D eigenvalue weighted by Crippen LogP contribution is 2.47. The van der Waals surface area contributed by atoms with E-state index < -0.39 is 0 Å². The van der Waals surface area contributed by atoms with Gasteiger partial charge in [-0.25, -0.2) is 0 Å². The Labute approximate surface area is 99.0 Å². The van der Waals surface area contributed by atoms with E-state index in [1.807, 2.05) is 0 Å². The lowest BCUT2D eigenvalue weighted by molar-refractivity contribution is 0.261. The second-order valence-electron chi connectivity index (χ2n) is 5.87. The van der Waals surface area contributed by atoms with Gasteiger partial charge >= 0.3 is 0 Å². The van der Waals surface area contributed by atoms with Crippen molar-refractivity contribution < 1.29 is 0 Å². The molecule has 1 saturated carbocycles. The normalized spacial score (nSPS) is 32.4. The zero-order valence-electron chi connectivity index (χ0n) is 10.3. The summed E-state index contributed by atoms with van der Waals surface area (Å²) >= 11 is 0. The standard InChI is InChI=1S/C14H20BN/c1-10-4-6-14(7-5-10)9-16-13-8-11(15)2-3-12(13)14/h2-3,8,10,16H,4-7,9,15H2,1H3. The summed E-state index contributed by atoms with van der Waals surface area (Å²) in [5.41, 5.74) is 4.82. The molecule has 0 unspecified atom stereocenters. The molecule has 84 valence electrons. The minimum atomic E-state index is 0.468. The molecule has 1 heterocycles. The summed E-state index contributed by atoms with van der Waals surface area (Å²) in [4.78, 5) is 0. The van der Waals surface area contributed by atoms with Gasteiger partial charge in [-0.1, -0.05) is 24.5 Å². The summed E-state index contributed by atoms with van der Waals surface area (Å²) in [6.07, 6.45) is 5.54. The van der Waals surface area contributed by atoms with Gasteiger partial charge in [0.05, 0.1) is 0 Å². The van der Waals surface area contributed by atoms with Crippen LogP contribution in [0.15, 0.2) is 18.2 Å². The van der Waals surface area contributed by atoms with E-state index in [2.05, 4.69) is 38.3 Å². The van der Waals surface area contributed by atoms with Gasteiger partial charge in [-0.05, 0) is 43.2 Å². The van der Waals surface area contributed by atoms with Crippen molar-refractivity contribution >= 4 is 19.0 Å². The Morgan fingerprint density at radius 1 is 1.31 bits per heavy atom. The summed E-state index contributed by atoms with van der Waals surface area (Å²) < 4.78 is 0. The van der Waals surface area contributed by atoms with Crippen LogP contribution in [0.4, 0.5) is 5.69 Å². The molecule has 1 aromatic carbocycles. The third-order valence-corrected chi connectivity index (χ3v) is 4.60. The van der Waals surface area contributed by atoms with Crippen LogP contribution in [0, 0.1) is 5.92 Å². The first-order valence-corrected chi connectivity index (χ1v) is 6.55. The molecule has 16 heavy (non-hydrogen) atoms. The number of rotatable bonds is 0. The van der Waals surface area contributed by atoms with Crippen molar-refractivity contribution in [3.05, 3.63) is 23.8 Å². The van der Waals surface area contributed by atoms with Gasteiger partial charge in [-0.3, -0.25) is 0 Å². The van der Waals surface area contributed by atoms with Gasteiger partial charge in [-0.15, -0.1) is 0 Å². The van der Waals surface area contributed by atoms with Crippen molar-refractivity contribution in [1.29, 1.82) is 0 Å². The van der Waals surface area contributed by atoms with E-state index in [9.17, 15) is 0 Å². The van der Waals surface area contributed by atoms with E-state index >= 15 is 0 Å². The van der Waals surface area contributed by atoms with Crippen LogP contribution in [0.25, 0.3) is 0 Å². The van der Waals surface area contributed by atoms with E-state index in [-0.39, 0.29) is 0 Å². The van der Waals surface area contributed by atoms with Crippen LogP contribution in [-0.2, 0) is 5.41 Å². The fraction of sp³-hybridized carbons (Fsp3) is 0.571. The molecule has 0 bridgehead atoms. The Balaban J connectivity index is 1.96. The second-order valence-corrected chi connectivity index (χ2v) is 5.87. The van der Waals surface area contributed by atoms with Crippen molar-refractivity contribution in [2.45, 2.75) is 38.0 Å². The van der Waals surface area contributed by atoms with E-state index in [4.69, 9.17) is 0 Å². The molecule has 0 amide bonds. The molecule has 0 atom stereocenters. The second kappa shape index (κ2) is 3.54.